The Morgan fingerprint density at radius 2 is 1.84 bits per heavy atom. The highest BCUT2D eigenvalue weighted by atomic mass is 31.2. The maximum absolute atomic E-state index is 12.6. The Labute approximate surface area is 117 Å². The monoisotopic (exact) mass is 290 g/mol. The summed E-state index contributed by atoms with van der Waals surface area (Å²) in [5.74, 6) is -0.177. The van der Waals surface area contributed by atoms with Crippen molar-refractivity contribution in [1.29, 1.82) is 0 Å². The van der Waals surface area contributed by atoms with Crippen molar-refractivity contribution in [3.63, 3.8) is 0 Å². The van der Waals surface area contributed by atoms with Crippen molar-refractivity contribution in [2.24, 2.45) is 5.92 Å². The first-order valence-corrected chi connectivity index (χ1v) is 8.98. The molecule has 112 valence electrons. The van der Waals surface area contributed by atoms with Crippen LogP contribution in [-0.2, 0) is 18.6 Å². The van der Waals surface area contributed by atoms with Crippen LogP contribution < -0.4 is 0 Å². The van der Waals surface area contributed by atoms with Crippen molar-refractivity contribution in [1.82, 2.24) is 0 Å². The van der Waals surface area contributed by atoms with Crippen LogP contribution in [-0.4, -0.2) is 31.5 Å². The van der Waals surface area contributed by atoms with E-state index in [1.165, 1.54) is 0 Å². The SMILES string of the molecule is CCCP(=O)(C/C(=C/C(C)C)C(=O)OCC)OCC. The lowest BCUT2D eigenvalue weighted by Crippen LogP contribution is -2.14. The van der Waals surface area contributed by atoms with Crippen LogP contribution in [0.25, 0.3) is 0 Å². The van der Waals surface area contributed by atoms with Crippen molar-refractivity contribution < 1.29 is 18.6 Å². The van der Waals surface area contributed by atoms with Crippen molar-refractivity contribution in [3.8, 4) is 0 Å². The maximum atomic E-state index is 12.6. The lowest BCUT2D eigenvalue weighted by atomic mass is 10.1. The highest BCUT2D eigenvalue weighted by molar-refractivity contribution is 7.59. The lowest BCUT2D eigenvalue weighted by molar-refractivity contribution is -0.138. The van der Waals surface area contributed by atoms with Crippen LogP contribution in [0.2, 0.25) is 0 Å². The summed E-state index contributed by atoms with van der Waals surface area (Å²) < 4.78 is 23.1. The average Bonchev–Trinajstić information content (AvgIpc) is 2.28. The van der Waals surface area contributed by atoms with Crippen molar-refractivity contribution in [3.05, 3.63) is 11.6 Å². The van der Waals surface area contributed by atoms with Gasteiger partial charge in [-0.25, -0.2) is 4.79 Å². The smallest absolute Gasteiger partial charge is 0.334 e. The van der Waals surface area contributed by atoms with E-state index >= 15 is 0 Å². The molecule has 0 aliphatic rings. The largest absolute Gasteiger partial charge is 0.463 e. The number of rotatable bonds is 9. The van der Waals surface area contributed by atoms with Crippen LogP contribution in [0.15, 0.2) is 11.6 Å². The van der Waals surface area contributed by atoms with Gasteiger partial charge in [0.15, 0.2) is 0 Å². The zero-order valence-electron chi connectivity index (χ0n) is 12.8. The van der Waals surface area contributed by atoms with Gasteiger partial charge >= 0.3 is 5.97 Å². The van der Waals surface area contributed by atoms with Gasteiger partial charge in [0.05, 0.1) is 19.4 Å². The maximum Gasteiger partial charge on any atom is 0.334 e. The molecule has 0 aliphatic heterocycles. The zero-order chi connectivity index (χ0) is 14.9. The summed E-state index contributed by atoms with van der Waals surface area (Å²) in [5, 5.41) is 0. The fraction of sp³-hybridized carbons (Fsp3) is 0.786. The highest BCUT2D eigenvalue weighted by Gasteiger charge is 2.27. The minimum Gasteiger partial charge on any atom is -0.463 e. The quantitative estimate of drug-likeness (QED) is 0.367. The number of esters is 1. The van der Waals surface area contributed by atoms with Gasteiger partial charge in [-0.15, -0.1) is 0 Å². The Morgan fingerprint density at radius 3 is 2.26 bits per heavy atom. The Morgan fingerprint density at radius 1 is 1.21 bits per heavy atom. The van der Waals surface area contributed by atoms with Crippen LogP contribution in [0, 0.1) is 5.92 Å². The predicted molar refractivity (Wildman–Crippen MR) is 78.8 cm³/mol. The number of carbonyl (C=O) groups excluding carboxylic acids is 1. The van der Waals surface area contributed by atoms with E-state index in [9.17, 15) is 9.36 Å². The second kappa shape index (κ2) is 9.33. The van der Waals surface area contributed by atoms with Crippen LogP contribution in [0.3, 0.4) is 0 Å². The normalized spacial score (nSPS) is 15.4. The molecule has 0 aromatic heterocycles. The molecule has 0 aromatic carbocycles. The molecule has 0 rings (SSSR count). The number of ether oxygens (including phenoxy) is 1. The Balaban J connectivity index is 5.07. The summed E-state index contributed by atoms with van der Waals surface area (Å²) in [6.07, 6.45) is 3.26. The lowest BCUT2D eigenvalue weighted by Gasteiger charge is -2.18. The minimum absolute atomic E-state index is 0.172. The van der Waals surface area contributed by atoms with Crippen LogP contribution in [0.5, 0.6) is 0 Å². The van der Waals surface area contributed by atoms with Crippen molar-refractivity contribution in [2.75, 3.05) is 25.5 Å². The molecule has 1 atom stereocenters. The topological polar surface area (TPSA) is 52.6 Å². The molecule has 19 heavy (non-hydrogen) atoms. The van der Waals surface area contributed by atoms with Crippen LogP contribution in [0.1, 0.15) is 41.0 Å². The van der Waals surface area contributed by atoms with Gasteiger partial charge in [-0.2, -0.15) is 0 Å². The van der Waals surface area contributed by atoms with E-state index in [0.29, 0.717) is 24.9 Å². The standard InChI is InChI=1S/C14H27O4P/c1-6-9-19(16,18-8-3)11-13(10-12(4)5)14(15)17-7-2/h10,12H,6-9,11H2,1-5H3/b13-10-. The third-order valence-corrected chi connectivity index (χ3v) is 5.09. The Bertz CT molecular complexity index is 337. The van der Waals surface area contributed by atoms with Gasteiger partial charge < -0.3 is 9.26 Å². The molecule has 0 N–H and O–H groups in total. The van der Waals surface area contributed by atoms with Crippen molar-refractivity contribution in [2.45, 2.75) is 41.0 Å². The molecular formula is C14H27O4P. The van der Waals surface area contributed by atoms with E-state index in [4.69, 9.17) is 9.26 Å². The molecule has 0 aromatic rings. The Hall–Kier alpha value is -0.600. The molecule has 0 bridgehead atoms. The molecule has 0 fully saturated rings. The third-order valence-electron chi connectivity index (χ3n) is 2.41. The summed E-state index contributed by atoms with van der Waals surface area (Å²) >= 11 is 0. The molecule has 0 amide bonds. The fourth-order valence-electron chi connectivity index (χ4n) is 1.84. The molecule has 0 radical (unpaired) electrons. The molecule has 5 heteroatoms. The molecule has 4 nitrogen and oxygen atoms in total. The van der Waals surface area contributed by atoms with Crippen LogP contribution >= 0.6 is 7.37 Å². The average molecular weight is 290 g/mol. The minimum atomic E-state index is -2.78. The highest BCUT2D eigenvalue weighted by Crippen LogP contribution is 2.49. The van der Waals surface area contributed by atoms with Crippen LogP contribution in [0.4, 0.5) is 0 Å². The molecule has 0 heterocycles. The third kappa shape index (κ3) is 7.54. The number of carbonyl (C=O) groups is 1. The molecule has 0 spiro atoms. The van der Waals surface area contributed by atoms with E-state index < -0.39 is 7.37 Å². The van der Waals surface area contributed by atoms with E-state index in [1.54, 1.807) is 6.92 Å². The number of hydrogen-bond donors (Lipinski definition) is 0. The molecule has 0 saturated carbocycles. The second-order valence-electron chi connectivity index (χ2n) is 4.77. The molecule has 0 aliphatic carbocycles. The van der Waals surface area contributed by atoms with E-state index in [0.717, 1.165) is 6.42 Å². The van der Waals surface area contributed by atoms with Crippen molar-refractivity contribution >= 4 is 13.3 Å². The van der Waals surface area contributed by atoms with Gasteiger partial charge in [-0.3, -0.25) is 4.57 Å². The zero-order valence-corrected chi connectivity index (χ0v) is 13.7. The summed E-state index contributed by atoms with van der Waals surface area (Å²) in [5.41, 5.74) is 0.474. The predicted octanol–water partition coefficient (Wildman–Crippen LogP) is 3.86. The van der Waals surface area contributed by atoms with Gasteiger partial charge in [-0.05, 0) is 26.2 Å². The summed E-state index contributed by atoms with van der Waals surface area (Å²) in [6, 6.07) is 0. The van der Waals surface area contributed by atoms with E-state index in [1.807, 2.05) is 33.8 Å². The fourth-order valence-corrected chi connectivity index (χ4v) is 4.12. The number of hydrogen-bond acceptors (Lipinski definition) is 4. The van der Waals surface area contributed by atoms with Gasteiger partial charge in [-0.1, -0.05) is 26.8 Å². The van der Waals surface area contributed by atoms with Gasteiger partial charge in [0.25, 0.3) is 0 Å². The first-order valence-electron chi connectivity index (χ1n) is 6.98. The first kappa shape index (κ1) is 18.4. The van der Waals surface area contributed by atoms with E-state index in [-0.39, 0.29) is 18.0 Å². The first-order chi connectivity index (χ1) is 8.88. The summed E-state index contributed by atoms with van der Waals surface area (Å²) in [7, 11) is -2.78. The molecular weight excluding hydrogens is 263 g/mol. The summed E-state index contributed by atoms with van der Waals surface area (Å²) in [4.78, 5) is 11.9. The molecule has 0 saturated heterocycles. The number of allylic oxidation sites excluding steroid dienone is 1. The van der Waals surface area contributed by atoms with E-state index in [2.05, 4.69) is 0 Å². The molecule has 1 unspecified atom stereocenters. The van der Waals surface area contributed by atoms with Gasteiger partial charge in [0.2, 0.25) is 7.37 Å². The van der Waals surface area contributed by atoms with Gasteiger partial charge in [0, 0.05) is 11.7 Å². The summed E-state index contributed by atoms with van der Waals surface area (Å²) in [6.45, 7) is 10.2. The second-order valence-corrected chi connectivity index (χ2v) is 7.42. The Kier molecular flexibility index (Phi) is 9.03. The van der Waals surface area contributed by atoms with Gasteiger partial charge in [0.1, 0.15) is 0 Å².